The van der Waals surface area contributed by atoms with Gasteiger partial charge in [0.1, 0.15) is 5.75 Å². The van der Waals surface area contributed by atoms with Gasteiger partial charge in [-0.2, -0.15) is 0 Å². The van der Waals surface area contributed by atoms with E-state index in [4.69, 9.17) is 28.6 Å². The molecule has 2 aromatic carbocycles. The summed E-state index contributed by atoms with van der Waals surface area (Å²) in [5.74, 6) is 0.403. The van der Waals surface area contributed by atoms with Crippen LogP contribution in [0.25, 0.3) is 0 Å². The van der Waals surface area contributed by atoms with Crippen LogP contribution in [-0.2, 0) is 0 Å². The minimum absolute atomic E-state index is 0.0807. The summed E-state index contributed by atoms with van der Waals surface area (Å²) in [5.41, 5.74) is 1.10. The van der Waals surface area contributed by atoms with Crippen LogP contribution in [-0.4, -0.2) is 17.1 Å². The van der Waals surface area contributed by atoms with Crippen molar-refractivity contribution in [2.24, 2.45) is 0 Å². The zero-order valence-electron chi connectivity index (χ0n) is 13.1. The third kappa shape index (κ3) is 5.47. The first-order valence-electron chi connectivity index (χ1n) is 7.19. The van der Waals surface area contributed by atoms with Crippen LogP contribution in [0.1, 0.15) is 24.2 Å². The van der Waals surface area contributed by atoms with Crippen molar-refractivity contribution < 1.29 is 9.53 Å². The van der Waals surface area contributed by atoms with E-state index in [1.54, 1.807) is 36.4 Å². The molecular formula is C17H16BrClN2O2S. The van der Waals surface area contributed by atoms with Crippen LogP contribution in [0.15, 0.2) is 46.9 Å². The molecular weight excluding hydrogens is 412 g/mol. The van der Waals surface area contributed by atoms with Gasteiger partial charge in [0, 0.05) is 10.0 Å². The molecule has 2 rings (SSSR count). The van der Waals surface area contributed by atoms with Crippen molar-refractivity contribution in [3.63, 3.8) is 0 Å². The fraction of sp³-hybridized carbons (Fsp3) is 0.176. The molecule has 7 heteroatoms. The maximum absolute atomic E-state index is 12.2. The number of ether oxygens (including phenoxy) is 1. The molecule has 0 spiro atoms. The van der Waals surface area contributed by atoms with Crippen LogP contribution >= 0.6 is 39.7 Å². The molecule has 0 aliphatic carbocycles. The van der Waals surface area contributed by atoms with Crippen molar-refractivity contribution in [3.05, 3.63) is 57.5 Å². The van der Waals surface area contributed by atoms with Crippen LogP contribution in [0.5, 0.6) is 5.75 Å². The zero-order chi connectivity index (χ0) is 17.7. The number of hydrogen-bond donors (Lipinski definition) is 2. The summed E-state index contributed by atoms with van der Waals surface area (Å²) < 4.78 is 6.40. The molecule has 2 N–H and O–H groups in total. The molecule has 4 nitrogen and oxygen atoms in total. The highest BCUT2D eigenvalue weighted by Crippen LogP contribution is 2.25. The fourth-order valence-electron chi connectivity index (χ4n) is 1.88. The normalized spacial score (nSPS) is 10.4. The first-order chi connectivity index (χ1) is 11.3. The van der Waals surface area contributed by atoms with Gasteiger partial charge in [-0.3, -0.25) is 10.1 Å². The third-order valence-corrected chi connectivity index (χ3v) is 3.90. The Hall–Kier alpha value is -1.63. The number of benzene rings is 2. The van der Waals surface area contributed by atoms with Crippen molar-refractivity contribution >= 4 is 56.5 Å². The predicted molar refractivity (Wildman–Crippen MR) is 105 cm³/mol. The summed E-state index contributed by atoms with van der Waals surface area (Å²) in [6, 6.07) is 12.2. The largest absolute Gasteiger partial charge is 0.491 e. The Kier molecular flexibility index (Phi) is 6.60. The number of amides is 1. The van der Waals surface area contributed by atoms with E-state index in [0.29, 0.717) is 22.0 Å². The molecule has 0 radical (unpaired) electrons. The van der Waals surface area contributed by atoms with Crippen LogP contribution < -0.4 is 15.4 Å². The molecule has 0 aromatic heterocycles. The lowest BCUT2D eigenvalue weighted by Crippen LogP contribution is -2.34. The molecule has 0 saturated carbocycles. The Morgan fingerprint density at radius 3 is 2.46 bits per heavy atom. The van der Waals surface area contributed by atoms with Crippen LogP contribution in [0, 0.1) is 0 Å². The number of carbonyl (C=O) groups is 1. The van der Waals surface area contributed by atoms with Crippen molar-refractivity contribution in [2.75, 3.05) is 5.32 Å². The van der Waals surface area contributed by atoms with Crippen LogP contribution in [0.3, 0.4) is 0 Å². The van der Waals surface area contributed by atoms with Gasteiger partial charge in [-0.15, -0.1) is 0 Å². The van der Waals surface area contributed by atoms with E-state index < -0.39 is 0 Å². The number of rotatable bonds is 4. The first-order valence-corrected chi connectivity index (χ1v) is 8.77. The standard InChI is InChI=1S/C17H16BrClN2O2S/c1-10(2)23-13-6-3-11(4-7-13)16(22)21-17(24)20-15-8-5-12(18)9-14(15)19/h3-10H,1-2H3,(H2,20,21,22,24). The van der Waals surface area contributed by atoms with E-state index >= 15 is 0 Å². The number of nitrogens with one attached hydrogen (secondary N) is 2. The Morgan fingerprint density at radius 2 is 1.88 bits per heavy atom. The highest BCUT2D eigenvalue weighted by molar-refractivity contribution is 9.10. The zero-order valence-corrected chi connectivity index (χ0v) is 16.3. The number of carbonyl (C=O) groups excluding carboxylic acids is 1. The van der Waals surface area contributed by atoms with Gasteiger partial charge in [-0.25, -0.2) is 0 Å². The summed E-state index contributed by atoms with van der Waals surface area (Å²) in [6.45, 7) is 3.88. The average Bonchev–Trinajstić information content (AvgIpc) is 2.50. The third-order valence-electron chi connectivity index (χ3n) is 2.89. The van der Waals surface area contributed by atoms with Gasteiger partial charge in [0.15, 0.2) is 5.11 Å². The Labute approximate surface area is 159 Å². The maximum Gasteiger partial charge on any atom is 0.257 e. The number of halogens is 2. The second-order valence-electron chi connectivity index (χ2n) is 5.22. The van der Waals surface area contributed by atoms with Crippen LogP contribution in [0.4, 0.5) is 5.69 Å². The van der Waals surface area contributed by atoms with Gasteiger partial charge in [0.05, 0.1) is 16.8 Å². The van der Waals surface area contributed by atoms with Gasteiger partial charge in [-0.1, -0.05) is 27.5 Å². The Balaban J connectivity index is 1.97. The van der Waals surface area contributed by atoms with Gasteiger partial charge in [-0.05, 0) is 68.5 Å². The Morgan fingerprint density at radius 1 is 1.21 bits per heavy atom. The Bertz CT molecular complexity index is 751. The second kappa shape index (κ2) is 8.46. The molecule has 126 valence electrons. The highest BCUT2D eigenvalue weighted by atomic mass is 79.9. The highest BCUT2D eigenvalue weighted by Gasteiger charge is 2.10. The van der Waals surface area contributed by atoms with Crippen molar-refractivity contribution in [3.8, 4) is 5.75 Å². The topological polar surface area (TPSA) is 50.4 Å². The van der Waals surface area contributed by atoms with E-state index in [1.807, 2.05) is 19.9 Å². The monoisotopic (exact) mass is 426 g/mol. The van der Waals surface area contributed by atoms with Gasteiger partial charge in [0.25, 0.3) is 5.91 Å². The van der Waals surface area contributed by atoms with E-state index in [1.165, 1.54) is 0 Å². The summed E-state index contributed by atoms with van der Waals surface area (Å²) >= 11 is 14.6. The molecule has 0 saturated heterocycles. The molecule has 24 heavy (non-hydrogen) atoms. The molecule has 0 fully saturated rings. The SMILES string of the molecule is CC(C)Oc1ccc(C(=O)NC(=S)Nc2ccc(Br)cc2Cl)cc1. The van der Waals surface area contributed by atoms with E-state index in [9.17, 15) is 4.79 Å². The average molecular weight is 428 g/mol. The lowest BCUT2D eigenvalue weighted by Gasteiger charge is -2.12. The summed E-state index contributed by atoms with van der Waals surface area (Å²) in [7, 11) is 0. The molecule has 1 amide bonds. The molecule has 0 bridgehead atoms. The minimum Gasteiger partial charge on any atom is -0.491 e. The fourth-order valence-corrected chi connectivity index (χ4v) is 2.80. The lowest BCUT2D eigenvalue weighted by atomic mass is 10.2. The van der Waals surface area contributed by atoms with Crippen molar-refractivity contribution in [1.29, 1.82) is 0 Å². The molecule has 0 aliphatic heterocycles. The van der Waals surface area contributed by atoms with Gasteiger partial charge in [0.2, 0.25) is 0 Å². The van der Waals surface area contributed by atoms with Gasteiger partial charge >= 0.3 is 0 Å². The summed E-state index contributed by atoms with van der Waals surface area (Å²) in [6.07, 6.45) is 0.0807. The minimum atomic E-state index is -0.308. The predicted octanol–water partition coefficient (Wildman–Crippen LogP) is 5.02. The molecule has 0 unspecified atom stereocenters. The van der Waals surface area contributed by atoms with Gasteiger partial charge < -0.3 is 10.1 Å². The second-order valence-corrected chi connectivity index (χ2v) is 6.95. The first kappa shape index (κ1) is 18.7. The maximum atomic E-state index is 12.2. The van der Waals surface area contributed by atoms with Crippen molar-refractivity contribution in [1.82, 2.24) is 5.32 Å². The smallest absolute Gasteiger partial charge is 0.257 e. The molecule has 0 aliphatic rings. The quantitative estimate of drug-likeness (QED) is 0.673. The lowest BCUT2D eigenvalue weighted by molar-refractivity contribution is 0.0977. The van der Waals surface area contributed by atoms with E-state index in [0.717, 1.165) is 4.47 Å². The van der Waals surface area contributed by atoms with E-state index in [-0.39, 0.29) is 17.1 Å². The summed E-state index contributed by atoms with van der Waals surface area (Å²) in [5, 5.41) is 6.18. The van der Waals surface area contributed by atoms with E-state index in [2.05, 4.69) is 26.6 Å². The summed E-state index contributed by atoms with van der Waals surface area (Å²) in [4.78, 5) is 12.2. The number of anilines is 1. The van der Waals surface area contributed by atoms with Crippen LogP contribution in [0.2, 0.25) is 5.02 Å². The number of hydrogen-bond acceptors (Lipinski definition) is 3. The molecule has 0 atom stereocenters. The molecule has 2 aromatic rings. The number of thiocarbonyl (C=S) groups is 1. The van der Waals surface area contributed by atoms with Crippen molar-refractivity contribution in [2.45, 2.75) is 20.0 Å². The molecule has 0 heterocycles.